The number of aliphatic carboxylic acids is 1. The molecule has 1 aliphatic rings. The summed E-state index contributed by atoms with van der Waals surface area (Å²) in [5.41, 5.74) is 2.34. The fraction of sp³-hybridized carbons (Fsp3) is 0.333. The van der Waals surface area contributed by atoms with Crippen molar-refractivity contribution in [1.82, 2.24) is 5.32 Å². The molecule has 0 radical (unpaired) electrons. The number of fused-ring (bicyclic) bond motifs is 2. The quantitative estimate of drug-likeness (QED) is 0.724. The highest BCUT2D eigenvalue weighted by atomic mass is 19.4. The van der Waals surface area contributed by atoms with Gasteiger partial charge in [0.25, 0.3) is 0 Å². The zero-order chi connectivity index (χ0) is 22.6. The number of ketones is 1. The summed E-state index contributed by atoms with van der Waals surface area (Å²) in [5.74, 6) is -4.13. The third kappa shape index (κ3) is 5.02. The first kappa shape index (κ1) is 23.5. The van der Waals surface area contributed by atoms with Crippen LogP contribution in [0.5, 0.6) is 0 Å². The minimum Gasteiger partial charge on any atom is -0.475 e. The third-order valence-electron chi connectivity index (χ3n) is 4.94. The minimum absolute atomic E-state index is 0.0758. The lowest BCUT2D eigenvalue weighted by Gasteiger charge is -2.22. The van der Waals surface area contributed by atoms with Crippen LogP contribution in [0.3, 0.4) is 0 Å². The van der Waals surface area contributed by atoms with Crippen LogP contribution in [0.1, 0.15) is 35.1 Å². The highest BCUT2D eigenvalue weighted by Crippen LogP contribution is 2.37. The van der Waals surface area contributed by atoms with E-state index < -0.39 is 24.1 Å². The van der Waals surface area contributed by atoms with Crippen molar-refractivity contribution in [3.05, 3.63) is 70.3 Å². The third-order valence-corrected chi connectivity index (χ3v) is 4.94. The molecule has 0 saturated heterocycles. The molecule has 0 amide bonds. The van der Waals surface area contributed by atoms with Gasteiger partial charge in [0.05, 0.1) is 12.0 Å². The van der Waals surface area contributed by atoms with Gasteiger partial charge in [-0.15, -0.1) is 0 Å². The van der Waals surface area contributed by atoms with Gasteiger partial charge in [0.15, 0.2) is 5.78 Å². The number of carbonyl (C=O) groups is 2. The molecule has 0 spiro atoms. The number of alkyl halides is 3. The number of hydrogen-bond acceptors (Lipinski definition) is 3. The lowest BCUT2D eigenvalue weighted by atomic mass is 9.82. The Morgan fingerprint density at radius 2 is 1.40 bits per heavy atom. The maximum atomic E-state index is 14.3. The summed E-state index contributed by atoms with van der Waals surface area (Å²) >= 11 is 0. The first-order valence-electron chi connectivity index (χ1n) is 9.04. The van der Waals surface area contributed by atoms with E-state index in [1.54, 1.807) is 38.2 Å². The first-order chi connectivity index (χ1) is 14.0. The van der Waals surface area contributed by atoms with Gasteiger partial charge in [0.2, 0.25) is 0 Å². The monoisotopic (exact) mass is 429 g/mol. The molecule has 162 valence electrons. The molecular weight excluding hydrogens is 409 g/mol. The zero-order valence-corrected chi connectivity index (χ0v) is 16.2. The van der Waals surface area contributed by atoms with Crippen molar-refractivity contribution in [2.45, 2.75) is 37.9 Å². The second-order valence-electron chi connectivity index (χ2n) is 6.76. The molecule has 1 atom stereocenters. The van der Waals surface area contributed by atoms with Crippen LogP contribution in [0.4, 0.5) is 22.0 Å². The normalized spacial score (nSPS) is 14.5. The SMILES string of the molecule is CN[C@@H](C)C(=O)C1c2cccc(F)c2CCc2c(F)cccc21.O=C(O)C(F)(F)F. The molecule has 0 fully saturated rings. The molecule has 9 heteroatoms. The Bertz CT molecular complexity index is 889. The number of carboxylic acid groups (broad SMARTS) is 1. The van der Waals surface area contributed by atoms with Gasteiger partial charge in [-0.25, -0.2) is 13.6 Å². The van der Waals surface area contributed by atoms with E-state index in [1.165, 1.54) is 12.1 Å². The van der Waals surface area contributed by atoms with Gasteiger partial charge in [-0.2, -0.15) is 13.2 Å². The molecule has 0 unspecified atom stereocenters. The Kier molecular flexibility index (Phi) is 7.30. The topological polar surface area (TPSA) is 66.4 Å². The summed E-state index contributed by atoms with van der Waals surface area (Å²) in [6.45, 7) is 1.77. The van der Waals surface area contributed by atoms with Crippen molar-refractivity contribution in [2.24, 2.45) is 0 Å². The number of carboxylic acids is 1. The van der Waals surface area contributed by atoms with Crippen LogP contribution in [0.2, 0.25) is 0 Å². The molecule has 2 N–H and O–H groups in total. The van der Waals surface area contributed by atoms with Crippen LogP contribution in [-0.4, -0.2) is 36.1 Å². The smallest absolute Gasteiger partial charge is 0.475 e. The van der Waals surface area contributed by atoms with Crippen LogP contribution in [0, 0.1) is 11.6 Å². The van der Waals surface area contributed by atoms with E-state index in [4.69, 9.17) is 9.90 Å². The predicted octanol–water partition coefficient (Wildman–Crippen LogP) is 4.01. The van der Waals surface area contributed by atoms with E-state index in [9.17, 15) is 26.7 Å². The van der Waals surface area contributed by atoms with Crippen molar-refractivity contribution in [3.8, 4) is 0 Å². The number of rotatable bonds is 3. The lowest BCUT2D eigenvalue weighted by Crippen LogP contribution is -2.35. The zero-order valence-electron chi connectivity index (χ0n) is 16.2. The first-order valence-corrected chi connectivity index (χ1v) is 9.04. The second kappa shape index (κ2) is 9.34. The van der Waals surface area contributed by atoms with Crippen LogP contribution >= 0.6 is 0 Å². The number of benzene rings is 2. The number of nitrogens with one attached hydrogen (secondary N) is 1. The summed E-state index contributed by atoms with van der Waals surface area (Å²) in [7, 11) is 1.71. The summed E-state index contributed by atoms with van der Waals surface area (Å²) in [5, 5.41) is 10.1. The molecule has 0 aromatic heterocycles. The van der Waals surface area contributed by atoms with E-state index in [0.29, 0.717) is 35.1 Å². The highest BCUT2D eigenvalue weighted by molar-refractivity contribution is 5.94. The maximum Gasteiger partial charge on any atom is 0.490 e. The molecule has 30 heavy (non-hydrogen) atoms. The molecule has 0 aliphatic heterocycles. The van der Waals surface area contributed by atoms with Crippen molar-refractivity contribution in [1.29, 1.82) is 0 Å². The van der Waals surface area contributed by atoms with Gasteiger partial charge < -0.3 is 10.4 Å². The van der Waals surface area contributed by atoms with E-state index in [0.717, 1.165) is 0 Å². The second-order valence-corrected chi connectivity index (χ2v) is 6.76. The fourth-order valence-electron chi connectivity index (χ4n) is 3.34. The molecule has 3 rings (SSSR count). The summed E-state index contributed by atoms with van der Waals surface area (Å²) < 4.78 is 60.3. The van der Waals surface area contributed by atoms with Crippen molar-refractivity contribution >= 4 is 11.8 Å². The van der Waals surface area contributed by atoms with Crippen LogP contribution in [0.25, 0.3) is 0 Å². The van der Waals surface area contributed by atoms with Crippen LogP contribution in [-0.2, 0) is 22.4 Å². The van der Waals surface area contributed by atoms with Crippen LogP contribution < -0.4 is 5.32 Å². The average Bonchev–Trinajstić information content (AvgIpc) is 2.85. The molecule has 1 aliphatic carbocycles. The summed E-state index contributed by atoms with van der Waals surface area (Å²) in [4.78, 5) is 21.8. The average molecular weight is 429 g/mol. The summed E-state index contributed by atoms with van der Waals surface area (Å²) in [6.07, 6.45) is -4.29. The minimum atomic E-state index is -5.08. The standard InChI is InChI=1S/C19H19F2NO.C2HF3O2/c1-11(22-2)19(23)18-14-5-3-7-16(20)12(14)9-10-13-15(18)6-4-8-17(13)21;3-2(4,5)1(6)7/h3-8,11,18,22H,9-10H2,1-2H3;(H,6,7)/t11-;/m0./s1. The maximum absolute atomic E-state index is 14.3. The molecule has 2 aromatic rings. The van der Waals surface area contributed by atoms with Gasteiger partial charge in [0.1, 0.15) is 11.6 Å². The Hall–Kier alpha value is -2.81. The lowest BCUT2D eigenvalue weighted by molar-refractivity contribution is -0.192. The number of carbonyl (C=O) groups excluding carboxylic acids is 1. The Balaban J connectivity index is 0.000000396. The molecular formula is C21H20F5NO3. The Morgan fingerprint density at radius 1 is 1.00 bits per heavy atom. The Morgan fingerprint density at radius 3 is 1.73 bits per heavy atom. The molecule has 0 saturated carbocycles. The predicted molar refractivity (Wildman–Crippen MR) is 99.3 cm³/mol. The van der Waals surface area contributed by atoms with Gasteiger partial charge >= 0.3 is 12.1 Å². The largest absolute Gasteiger partial charge is 0.490 e. The van der Waals surface area contributed by atoms with Crippen LogP contribution in [0.15, 0.2) is 36.4 Å². The number of Topliss-reactive ketones (excluding diaryl/α,β-unsaturated/α-hetero) is 1. The molecule has 4 nitrogen and oxygen atoms in total. The molecule has 0 heterocycles. The Labute approximate surface area is 169 Å². The van der Waals surface area contributed by atoms with Crippen molar-refractivity contribution < 1.29 is 36.6 Å². The van der Waals surface area contributed by atoms with Gasteiger partial charge in [-0.1, -0.05) is 24.3 Å². The number of likely N-dealkylation sites (N-methyl/N-ethyl adjacent to an activating group) is 1. The number of halogens is 5. The summed E-state index contributed by atoms with van der Waals surface area (Å²) in [6, 6.07) is 9.19. The van der Waals surface area contributed by atoms with Gasteiger partial charge in [-0.05, 0) is 61.2 Å². The fourth-order valence-corrected chi connectivity index (χ4v) is 3.34. The molecule has 0 bridgehead atoms. The number of hydrogen-bond donors (Lipinski definition) is 2. The van der Waals surface area contributed by atoms with E-state index in [1.807, 2.05) is 0 Å². The van der Waals surface area contributed by atoms with Gasteiger partial charge in [0, 0.05) is 0 Å². The highest BCUT2D eigenvalue weighted by Gasteiger charge is 2.38. The van der Waals surface area contributed by atoms with E-state index in [-0.39, 0.29) is 17.4 Å². The van der Waals surface area contributed by atoms with Crippen molar-refractivity contribution in [2.75, 3.05) is 7.05 Å². The van der Waals surface area contributed by atoms with E-state index >= 15 is 0 Å². The van der Waals surface area contributed by atoms with Gasteiger partial charge in [-0.3, -0.25) is 4.79 Å². The van der Waals surface area contributed by atoms with E-state index in [2.05, 4.69) is 5.32 Å². The van der Waals surface area contributed by atoms with Crippen molar-refractivity contribution in [3.63, 3.8) is 0 Å². The molecule has 2 aromatic carbocycles.